The normalized spacial score (nSPS) is 10.6. The lowest BCUT2D eigenvalue weighted by Crippen LogP contribution is -2.03. The fourth-order valence-electron chi connectivity index (χ4n) is 2.02. The molecule has 0 amide bonds. The van der Waals surface area contributed by atoms with Crippen molar-refractivity contribution < 1.29 is 8.78 Å². The van der Waals surface area contributed by atoms with E-state index in [1.807, 2.05) is 30.3 Å². The van der Waals surface area contributed by atoms with Crippen molar-refractivity contribution in [2.75, 3.05) is 5.32 Å². The van der Waals surface area contributed by atoms with Crippen molar-refractivity contribution in [1.82, 2.24) is 15.4 Å². The summed E-state index contributed by atoms with van der Waals surface area (Å²) in [6.45, 7) is 0.237. The molecule has 0 saturated heterocycles. The third-order valence-corrected chi connectivity index (χ3v) is 3.04. The highest BCUT2D eigenvalue weighted by atomic mass is 19.1. The smallest absolute Gasteiger partial charge is 0.146 e. The van der Waals surface area contributed by atoms with Crippen molar-refractivity contribution in [1.29, 1.82) is 0 Å². The number of aromatic nitrogens is 3. The van der Waals surface area contributed by atoms with Gasteiger partial charge in [0.15, 0.2) is 0 Å². The summed E-state index contributed by atoms with van der Waals surface area (Å²) in [6.07, 6.45) is 0. The van der Waals surface area contributed by atoms with Crippen LogP contribution in [0.25, 0.3) is 11.3 Å². The van der Waals surface area contributed by atoms with Crippen molar-refractivity contribution in [3.05, 3.63) is 65.9 Å². The van der Waals surface area contributed by atoms with E-state index in [1.165, 1.54) is 0 Å². The molecule has 3 aromatic rings. The Bertz CT molecular complexity index is 740. The van der Waals surface area contributed by atoms with Crippen molar-refractivity contribution >= 4 is 5.69 Å². The maximum absolute atomic E-state index is 13.5. The Morgan fingerprint density at radius 2 is 1.81 bits per heavy atom. The molecule has 0 fully saturated rings. The molecule has 0 radical (unpaired) electrons. The highest BCUT2D eigenvalue weighted by Crippen LogP contribution is 2.21. The van der Waals surface area contributed by atoms with Gasteiger partial charge in [0.05, 0.1) is 12.2 Å². The van der Waals surface area contributed by atoms with Crippen molar-refractivity contribution in [2.45, 2.75) is 6.54 Å². The van der Waals surface area contributed by atoms with Crippen LogP contribution in [0.3, 0.4) is 0 Å². The first-order valence-electron chi connectivity index (χ1n) is 6.38. The van der Waals surface area contributed by atoms with Gasteiger partial charge < -0.3 is 5.32 Å². The largest absolute Gasteiger partial charge is 0.377 e. The van der Waals surface area contributed by atoms with Crippen LogP contribution < -0.4 is 5.32 Å². The molecular formula is C15H12F2N4. The first-order valence-corrected chi connectivity index (χ1v) is 6.38. The van der Waals surface area contributed by atoms with Crippen LogP contribution in [-0.4, -0.2) is 15.4 Å². The number of aromatic amines is 1. The van der Waals surface area contributed by atoms with Crippen LogP contribution in [-0.2, 0) is 6.54 Å². The van der Waals surface area contributed by atoms with Crippen molar-refractivity contribution in [3.63, 3.8) is 0 Å². The molecule has 2 N–H and O–H groups in total. The fraction of sp³-hybridized carbons (Fsp3) is 0.0667. The van der Waals surface area contributed by atoms with Crippen molar-refractivity contribution in [3.8, 4) is 11.3 Å². The van der Waals surface area contributed by atoms with Gasteiger partial charge in [0.1, 0.15) is 23.0 Å². The van der Waals surface area contributed by atoms with Gasteiger partial charge in [-0.05, 0) is 18.2 Å². The summed E-state index contributed by atoms with van der Waals surface area (Å²) in [5.41, 5.74) is 2.31. The first-order chi connectivity index (χ1) is 10.2. The molecule has 4 nitrogen and oxygen atoms in total. The fourth-order valence-corrected chi connectivity index (χ4v) is 2.02. The minimum atomic E-state index is -0.513. The van der Waals surface area contributed by atoms with E-state index in [4.69, 9.17) is 0 Å². The Morgan fingerprint density at radius 3 is 2.62 bits per heavy atom. The molecule has 0 saturated carbocycles. The van der Waals surface area contributed by atoms with E-state index in [1.54, 1.807) is 0 Å². The summed E-state index contributed by atoms with van der Waals surface area (Å²) in [5, 5.41) is 13.5. The lowest BCUT2D eigenvalue weighted by Gasteiger charge is -2.07. The van der Waals surface area contributed by atoms with Gasteiger partial charge in [-0.1, -0.05) is 30.3 Å². The second kappa shape index (κ2) is 5.70. The summed E-state index contributed by atoms with van der Waals surface area (Å²) < 4.78 is 26.7. The minimum absolute atomic E-state index is 0.0945. The Morgan fingerprint density at radius 1 is 1.00 bits per heavy atom. The number of anilines is 1. The average molecular weight is 286 g/mol. The van der Waals surface area contributed by atoms with Gasteiger partial charge in [0.25, 0.3) is 0 Å². The molecule has 1 aromatic heterocycles. The van der Waals surface area contributed by atoms with E-state index < -0.39 is 11.6 Å². The Hall–Kier alpha value is -2.76. The number of rotatable bonds is 4. The summed E-state index contributed by atoms with van der Waals surface area (Å²) >= 11 is 0. The molecule has 0 atom stereocenters. The van der Waals surface area contributed by atoms with Crippen LogP contribution in [0.5, 0.6) is 0 Å². The zero-order chi connectivity index (χ0) is 14.7. The monoisotopic (exact) mass is 286 g/mol. The molecule has 21 heavy (non-hydrogen) atoms. The van der Waals surface area contributed by atoms with E-state index in [0.717, 1.165) is 23.8 Å². The van der Waals surface area contributed by atoms with Crippen LogP contribution in [0, 0.1) is 11.6 Å². The molecule has 0 aliphatic carbocycles. The summed E-state index contributed by atoms with van der Waals surface area (Å²) in [4.78, 5) is 0. The van der Waals surface area contributed by atoms with Crippen LogP contribution in [0.2, 0.25) is 0 Å². The SMILES string of the molecule is Fc1ccc(F)c(NCc2n[nH]nc2-c2ccccc2)c1. The first kappa shape index (κ1) is 13.2. The number of benzene rings is 2. The standard InChI is InChI=1S/C15H12F2N4/c16-11-6-7-12(17)13(8-11)18-9-14-15(20-21-19-14)10-4-2-1-3-5-10/h1-8,18H,9H2,(H,19,20,21). The topological polar surface area (TPSA) is 53.6 Å². The predicted molar refractivity (Wildman–Crippen MR) is 75.5 cm³/mol. The molecular weight excluding hydrogens is 274 g/mol. The molecule has 1 heterocycles. The number of hydrogen-bond donors (Lipinski definition) is 2. The quantitative estimate of drug-likeness (QED) is 0.773. The van der Waals surface area contributed by atoms with Gasteiger partial charge in [0.2, 0.25) is 0 Å². The van der Waals surface area contributed by atoms with Gasteiger partial charge >= 0.3 is 0 Å². The van der Waals surface area contributed by atoms with Gasteiger partial charge in [-0.15, -0.1) is 0 Å². The van der Waals surface area contributed by atoms with Crippen molar-refractivity contribution in [2.24, 2.45) is 0 Å². The maximum Gasteiger partial charge on any atom is 0.146 e. The van der Waals surface area contributed by atoms with Crippen LogP contribution in [0.1, 0.15) is 5.69 Å². The van der Waals surface area contributed by atoms with Gasteiger partial charge in [-0.25, -0.2) is 8.78 Å². The van der Waals surface area contributed by atoms with Gasteiger partial charge in [-0.2, -0.15) is 15.4 Å². The highest BCUT2D eigenvalue weighted by molar-refractivity contribution is 5.61. The van der Waals surface area contributed by atoms with E-state index in [9.17, 15) is 8.78 Å². The second-order valence-electron chi connectivity index (χ2n) is 4.46. The summed E-state index contributed by atoms with van der Waals surface area (Å²) in [6, 6.07) is 12.8. The molecule has 0 spiro atoms. The van der Waals surface area contributed by atoms with Crippen LogP contribution in [0.4, 0.5) is 14.5 Å². The number of halogens is 2. The molecule has 2 aromatic carbocycles. The van der Waals surface area contributed by atoms with E-state index in [0.29, 0.717) is 11.4 Å². The van der Waals surface area contributed by atoms with Crippen LogP contribution in [0.15, 0.2) is 48.5 Å². The molecule has 0 aliphatic rings. The van der Waals surface area contributed by atoms with E-state index >= 15 is 0 Å². The molecule has 0 unspecified atom stereocenters. The zero-order valence-electron chi connectivity index (χ0n) is 11.0. The van der Waals surface area contributed by atoms with Crippen LogP contribution >= 0.6 is 0 Å². The van der Waals surface area contributed by atoms with Gasteiger partial charge in [0, 0.05) is 5.56 Å². The van der Waals surface area contributed by atoms with Gasteiger partial charge in [-0.3, -0.25) is 0 Å². The second-order valence-corrected chi connectivity index (χ2v) is 4.46. The van der Waals surface area contributed by atoms with E-state index in [-0.39, 0.29) is 12.2 Å². The molecule has 0 bridgehead atoms. The molecule has 3 rings (SSSR count). The number of hydrogen-bond acceptors (Lipinski definition) is 3. The Balaban J connectivity index is 1.81. The highest BCUT2D eigenvalue weighted by Gasteiger charge is 2.11. The molecule has 0 aliphatic heterocycles. The number of H-pyrrole nitrogens is 1. The zero-order valence-corrected chi connectivity index (χ0v) is 11.0. The Labute approximate surface area is 119 Å². The average Bonchev–Trinajstić information content (AvgIpc) is 2.97. The molecule has 106 valence electrons. The van der Waals surface area contributed by atoms with E-state index in [2.05, 4.69) is 20.7 Å². The lowest BCUT2D eigenvalue weighted by molar-refractivity contribution is 0.602. The lowest BCUT2D eigenvalue weighted by atomic mass is 10.1. The third kappa shape index (κ3) is 2.89. The number of nitrogens with one attached hydrogen (secondary N) is 2. The third-order valence-electron chi connectivity index (χ3n) is 3.04. The summed E-state index contributed by atoms with van der Waals surface area (Å²) in [7, 11) is 0. The maximum atomic E-state index is 13.5. The minimum Gasteiger partial charge on any atom is -0.377 e. The Kier molecular flexibility index (Phi) is 3.59. The molecule has 6 heteroatoms. The number of nitrogens with zero attached hydrogens (tertiary/aromatic N) is 2. The summed E-state index contributed by atoms with van der Waals surface area (Å²) in [5.74, 6) is -1.01. The predicted octanol–water partition coefficient (Wildman–Crippen LogP) is 3.36.